The largest absolute Gasteiger partial charge is 0.457 e. The Labute approximate surface area is 175 Å². The molecule has 0 radical (unpaired) electrons. The van der Waals surface area contributed by atoms with Gasteiger partial charge in [0.1, 0.15) is 23.4 Å². The quantitative estimate of drug-likeness (QED) is 0.605. The molecule has 0 aliphatic carbocycles. The van der Waals surface area contributed by atoms with Gasteiger partial charge in [0, 0.05) is 5.69 Å². The fourth-order valence-electron chi connectivity index (χ4n) is 2.90. The highest BCUT2D eigenvalue weighted by Gasteiger charge is 2.29. The second kappa shape index (κ2) is 8.96. The summed E-state index contributed by atoms with van der Waals surface area (Å²) in [7, 11) is -3.83. The molecular weight excluding hydrogens is 407 g/mol. The summed E-state index contributed by atoms with van der Waals surface area (Å²) in [6.07, 6.45) is 0.970. The Kier molecular flexibility index (Phi) is 6.37. The van der Waals surface area contributed by atoms with Crippen LogP contribution in [0.1, 0.15) is 6.92 Å². The van der Waals surface area contributed by atoms with Crippen molar-refractivity contribution < 1.29 is 22.3 Å². The number of benzene rings is 3. The maximum atomic E-state index is 13.6. The van der Waals surface area contributed by atoms with E-state index in [0.717, 1.165) is 16.6 Å². The van der Waals surface area contributed by atoms with E-state index in [1.54, 1.807) is 24.3 Å². The molecule has 0 saturated carbocycles. The zero-order chi connectivity index (χ0) is 21.7. The van der Waals surface area contributed by atoms with Crippen molar-refractivity contribution in [2.24, 2.45) is 0 Å². The Bertz CT molecular complexity index is 1120. The van der Waals surface area contributed by atoms with Crippen molar-refractivity contribution in [3.05, 3.63) is 84.7 Å². The van der Waals surface area contributed by atoms with Crippen LogP contribution in [0, 0.1) is 5.82 Å². The van der Waals surface area contributed by atoms with E-state index in [1.807, 2.05) is 30.3 Å². The van der Waals surface area contributed by atoms with Gasteiger partial charge in [-0.1, -0.05) is 24.3 Å². The van der Waals surface area contributed by atoms with Crippen LogP contribution in [0.2, 0.25) is 0 Å². The van der Waals surface area contributed by atoms with E-state index in [9.17, 15) is 17.6 Å². The molecule has 0 aromatic heterocycles. The molecule has 0 spiro atoms. The van der Waals surface area contributed by atoms with Crippen molar-refractivity contribution in [2.75, 3.05) is 15.9 Å². The molecule has 8 heteroatoms. The standard InChI is InChI=1S/C22H21FN2O4S/c1-16(25(30(2,27)28)19-8-6-7-17(23)15-19)22(26)24-18-11-13-21(14-12-18)29-20-9-4-3-5-10-20/h3-16H,1-2H3,(H,24,26)/t16-/m0/s1. The van der Waals surface area contributed by atoms with Gasteiger partial charge < -0.3 is 10.1 Å². The average Bonchev–Trinajstić information content (AvgIpc) is 2.69. The van der Waals surface area contributed by atoms with Crippen LogP contribution in [-0.2, 0) is 14.8 Å². The fourth-order valence-corrected chi connectivity index (χ4v) is 4.07. The molecule has 156 valence electrons. The molecule has 1 N–H and O–H groups in total. The predicted molar refractivity (Wildman–Crippen MR) is 115 cm³/mol. The lowest BCUT2D eigenvalue weighted by atomic mass is 10.2. The molecule has 1 amide bonds. The monoisotopic (exact) mass is 428 g/mol. The maximum Gasteiger partial charge on any atom is 0.247 e. The number of ether oxygens (including phenoxy) is 1. The van der Waals surface area contributed by atoms with Gasteiger partial charge in [0.2, 0.25) is 15.9 Å². The molecule has 3 aromatic rings. The Morgan fingerprint density at radius 2 is 1.60 bits per heavy atom. The number of nitrogens with one attached hydrogen (secondary N) is 1. The summed E-state index contributed by atoms with van der Waals surface area (Å²) < 4.78 is 44.7. The molecule has 3 aromatic carbocycles. The van der Waals surface area contributed by atoms with Crippen LogP contribution >= 0.6 is 0 Å². The van der Waals surface area contributed by atoms with Crippen molar-refractivity contribution >= 4 is 27.3 Å². The van der Waals surface area contributed by atoms with Crippen molar-refractivity contribution in [1.82, 2.24) is 0 Å². The van der Waals surface area contributed by atoms with Crippen LogP contribution in [0.4, 0.5) is 15.8 Å². The Hall–Kier alpha value is -3.39. The zero-order valence-corrected chi connectivity index (χ0v) is 17.3. The van der Waals surface area contributed by atoms with E-state index >= 15 is 0 Å². The van der Waals surface area contributed by atoms with Gasteiger partial charge in [-0.15, -0.1) is 0 Å². The van der Waals surface area contributed by atoms with Gasteiger partial charge in [0.05, 0.1) is 11.9 Å². The number of amides is 1. The van der Waals surface area contributed by atoms with Crippen molar-refractivity contribution in [3.8, 4) is 11.5 Å². The Morgan fingerprint density at radius 1 is 0.967 bits per heavy atom. The SMILES string of the molecule is C[C@@H](C(=O)Nc1ccc(Oc2ccccc2)cc1)N(c1cccc(F)c1)S(C)(=O)=O. The minimum Gasteiger partial charge on any atom is -0.457 e. The fraction of sp³-hybridized carbons (Fsp3) is 0.136. The molecule has 0 bridgehead atoms. The number of hydrogen-bond donors (Lipinski definition) is 1. The first kappa shape index (κ1) is 21.3. The topological polar surface area (TPSA) is 75.7 Å². The summed E-state index contributed by atoms with van der Waals surface area (Å²) >= 11 is 0. The third-order valence-corrected chi connectivity index (χ3v) is 5.49. The number of sulfonamides is 1. The average molecular weight is 428 g/mol. The smallest absolute Gasteiger partial charge is 0.247 e. The number of para-hydroxylation sites is 1. The predicted octanol–water partition coefficient (Wildman–Crippen LogP) is 4.41. The van der Waals surface area contributed by atoms with E-state index < -0.39 is 27.8 Å². The molecule has 0 aliphatic heterocycles. The second-order valence-corrected chi connectivity index (χ2v) is 8.50. The van der Waals surface area contributed by atoms with Gasteiger partial charge in [-0.05, 0) is 61.5 Å². The highest BCUT2D eigenvalue weighted by molar-refractivity contribution is 7.92. The van der Waals surface area contributed by atoms with Gasteiger partial charge in [0.25, 0.3) is 0 Å². The number of rotatable bonds is 7. The normalized spacial score (nSPS) is 12.1. The summed E-state index contributed by atoms with van der Waals surface area (Å²) in [4.78, 5) is 12.7. The second-order valence-electron chi connectivity index (χ2n) is 6.64. The molecule has 0 heterocycles. The number of carbonyl (C=O) groups is 1. The molecule has 6 nitrogen and oxygen atoms in total. The summed E-state index contributed by atoms with van der Waals surface area (Å²) in [5.74, 6) is 0.121. The highest BCUT2D eigenvalue weighted by Crippen LogP contribution is 2.24. The van der Waals surface area contributed by atoms with Gasteiger partial charge in [-0.25, -0.2) is 12.8 Å². The van der Waals surface area contributed by atoms with E-state index in [4.69, 9.17) is 4.74 Å². The number of halogens is 1. The minimum atomic E-state index is -3.83. The Balaban J connectivity index is 1.73. The number of hydrogen-bond acceptors (Lipinski definition) is 4. The number of carbonyl (C=O) groups excluding carboxylic acids is 1. The summed E-state index contributed by atoms with van der Waals surface area (Å²) in [6, 6.07) is 19.9. The van der Waals surface area contributed by atoms with Gasteiger partial charge in [-0.3, -0.25) is 9.10 Å². The summed E-state index contributed by atoms with van der Waals surface area (Å²) in [5, 5.41) is 2.68. The molecule has 0 saturated heterocycles. The minimum absolute atomic E-state index is 0.0757. The van der Waals surface area contributed by atoms with Crippen LogP contribution in [0.25, 0.3) is 0 Å². The number of anilines is 2. The molecule has 3 rings (SSSR count). The lowest BCUT2D eigenvalue weighted by molar-refractivity contribution is -0.116. The third-order valence-electron chi connectivity index (χ3n) is 4.25. The molecule has 30 heavy (non-hydrogen) atoms. The van der Waals surface area contributed by atoms with E-state index in [1.165, 1.54) is 25.1 Å². The van der Waals surface area contributed by atoms with E-state index in [-0.39, 0.29) is 5.69 Å². The highest BCUT2D eigenvalue weighted by atomic mass is 32.2. The molecule has 0 unspecified atom stereocenters. The first-order chi connectivity index (χ1) is 14.2. The van der Waals surface area contributed by atoms with Crippen LogP contribution in [0.5, 0.6) is 11.5 Å². The maximum absolute atomic E-state index is 13.6. The van der Waals surface area contributed by atoms with Crippen LogP contribution in [-0.4, -0.2) is 26.6 Å². The van der Waals surface area contributed by atoms with Gasteiger partial charge in [-0.2, -0.15) is 0 Å². The first-order valence-electron chi connectivity index (χ1n) is 9.13. The zero-order valence-electron chi connectivity index (χ0n) is 16.4. The van der Waals surface area contributed by atoms with Crippen molar-refractivity contribution in [3.63, 3.8) is 0 Å². The third kappa shape index (κ3) is 5.36. The van der Waals surface area contributed by atoms with Gasteiger partial charge >= 0.3 is 0 Å². The summed E-state index contributed by atoms with van der Waals surface area (Å²) in [5.41, 5.74) is 0.548. The number of nitrogens with zero attached hydrogens (tertiary/aromatic N) is 1. The lowest BCUT2D eigenvalue weighted by Crippen LogP contribution is -2.45. The van der Waals surface area contributed by atoms with Crippen LogP contribution in [0.15, 0.2) is 78.9 Å². The van der Waals surface area contributed by atoms with Crippen molar-refractivity contribution in [1.29, 1.82) is 0 Å². The first-order valence-corrected chi connectivity index (χ1v) is 11.0. The van der Waals surface area contributed by atoms with E-state index in [0.29, 0.717) is 17.2 Å². The van der Waals surface area contributed by atoms with Crippen LogP contribution in [0.3, 0.4) is 0 Å². The van der Waals surface area contributed by atoms with Crippen LogP contribution < -0.4 is 14.4 Å². The molecule has 1 atom stereocenters. The van der Waals surface area contributed by atoms with Gasteiger partial charge in [0.15, 0.2) is 0 Å². The van der Waals surface area contributed by atoms with E-state index in [2.05, 4.69) is 5.32 Å². The lowest BCUT2D eigenvalue weighted by Gasteiger charge is -2.28. The van der Waals surface area contributed by atoms with Crippen molar-refractivity contribution in [2.45, 2.75) is 13.0 Å². The Morgan fingerprint density at radius 3 is 2.20 bits per heavy atom. The molecular formula is C22H21FN2O4S. The molecule has 0 aliphatic rings. The summed E-state index contributed by atoms with van der Waals surface area (Å²) in [6.45, 7) is 1.44. The molecule has 0 fully saturated rings.